The Labute approximate surface area is 163 Å². The zero-order chi connectivity index (χ0) is 18.7. The van der Waals surface area contributed by atoms with Crippen LogP contribution in [0.15, 0.2) is 24.3 Å². The van der Waals surface area contributed by atoms with Gasteiger partial charge in [0.25, 0.3) is 5.91 Å². The van der Waals surface area contributed by atoms with Gasteiger partial charge in [-0.05, 0) is 56.9 Å². The molecule has 1 N–H and O–H groups in total. The highest BCUT2D eigenvalue weighted by Crippen LogP contribution is 2.25. The minimum Gasteiger partial charge on any atom is -0.334 e. The van der Waals surface area contributed by atoms with Crippen molar-refractivity contribution in [2.45, 2.75) is 45.6 Å². The summed E-state index contributed by atoms with van der Waals surface area (Å²) in [6.45, 7) is 4.76. The fraction of sp³-hybridized carbons (Fsp3) is 0.421. The van der Waals surface area contributed by atoms with Crippen LogP contribution in [0.25, 0.3) is 0 Å². The molecule has 1 atom stereocenters. The molecule has 3 rings (SSSR count). The van der Waals surface area contributed by atoms with Crippen molar-refractivity contribution in [2.75, 3.05) is 11.9 Å². The number of nitrogens with one attached hydrogen (secondary N) is 1. The van der Waals surface area contributed by atoms with Crippen LogP contribution in [0.5, 0.6) is 0 Å². The Morgan fingerprint density at radius 2 is 1.92 bits per heavy atom. The first kappa shape index (κ1) is 18.9. The van der Waals surface area contributed by atoms with Crippen molar-refractivity contribution in [3.05, 3.63) is 45.7 Å². The Morgan fingerprint density at radius 1 is 1.19 bits per heavy atom. The zero-order valence-electron chi connectivity index (χ0n) is 14.9. The average Bonchev–Trinajstić information content (AvgIpc) is 2.59. The van der Waals surface area contributed by atoms with Crippen molar-refractivity contribution in [2.24, 2.45) is 0 Å². The third-order valence-electron chi connectivity index (χ3n) is 4.55. The molecule has 1 fully saturated rings. The smallest absolute Gasteiger partial charge is 0.272 e. The van der Waals surface area contributed by atoms with E-state index in [4.69, 9.17) is 23.2 Å². The Kier molecular flexibility index (Phi) is 5.99. The van der Waals surface area contributed by atoms with Crippen LogP contribution in [0, 0.1) is 6.92 Å². The van der Waals surface area contributed by atoms with Crippen molar-refractivity contribution in [3.63, 3.8) is 0 Å². The van der Waals surface area contributed by atoms with E-state index in [1.807, 2.05) is 11.8 Å². The number of anilines is 2. The monoisotopic (exact) mass is 392 g/mol. The molecule has 26 heavy (non-hydrogen) atoms. The fourth-order valence-electron chi connectivity index (χ4n) is 3.33. The van der Waals surface area contributed by atoms with Crippen LogP contribution in [0.4, 0.5) is 11.6 Å². The van der Waals surface area contributed by atoms with Crippen LogP contribution in [0.1, 0.15) is 48.8 Å². The Bertz CT molecular complexity index is 792. The number of halogens is 2. The molecule has 5 nitrogen and oxygen atoms in total. The lowest BCUT2D eigenvalue weighted by molar-refractivity contribution is 0.0602. The van der Waals surface area contributed by atoms with Gasteiger partial charge in [-0.1, -0.05) is 30.1 Å². The Hall–Kier alpha value is -1.85. The summed E-state index contributed by atoms with van der Waals surface area (Å²) in [5.41, 5.74) is 1.81. The third kappa shape index (κ3) is 4.46. The Balaban J connectivity index is 1.86. The molecular weight excluding hydrogens is 371 g/mol. The number of nitrogens with zero attached hydrogens (tertiary/aromatic N) is 3. The number of carbonyl (C=O) groups is 1. The summed E-state index contributed by atoms with van der Waals surface area (Å²) in [5.74, 6) is 0.325. The van der Waals surface area contributed by atoms with Gasteiger partial charge in [-0.3, -0.25) is 4.79 Å². The summed E-state index contributed by atoms with van der Waals surface area (Å²) in [7, 11) is 0. The van der Waals surface area contributed by atoms with Gasteiger partial charge >= 0.3 is 0 Å². The fourth-order valence-corrected chi connectivity index (χ4v) is 3.85. The maximum absolute atomic E-state index is 13.0. The van der Waals surface area contributed by atoms with Crippen molar-refractivity contribution in [3.8, 4) is 0 Å². The molecule has 0 radical (unpaired) electrons. The van der Waals surface area contributed by atoms with Gasteiger partial charge < -0.3 is 10.2 Å². The van der Waals surface area contributed by atoms with Gasteiger partial charge in [0.05, 0.1) is 0 Å². The van der Waals surface area contributed by atoms with E-state index < -0.39 is 0 Å². The lowest BCUT2D eigenvalue weighted by atomic mass is 9.99. The minimum absolute atomic E-state index is 0.0331. The van der Waals surface area contributed by atoms with Gasteiger partial charge in [0.2, 0.25) is 5.95 Å². The number of aromatic nitrogens is 2. The highest BCUT2D eigenvalue weighted by Gasteiger charge is 2.27. The average molecular weight is 393 g/mol. The predicted octanol–water partition coefficient (Wildman–Crippen LogP) is 5.24. The van der Waals surface area contributed by atoms with Gasteiger partial charge in [0, 0.05) is 34.0 Å². The molecule has 2 heterocycles. The number of carbonyl (C=O) groups excluding carboxylic acids is 1. The number of rotatable bonds is 4. The molecule has 1 saturated heterocycles. The SMILES string of the molecule is CCC1CCCCN1C(=O)c1cc(C)nc(Nc2cc(Cl)cc(Cl)c2)n1. The molecule has 1 aliphatic rings. The van der Waals surface area contributed by atoms with Crippen LogP contribution in [-0.4, -0.2) is 33.4 Å². The molecular formula is C19H22Cl2N4O. The van der Waals surface area contributed by atoms with E-state index in [0.717, 1.165) is 31.5 Å². The maximum Gasteiger partial charge on any atom is 0.272 e. The van der Waals surface area contributed by atoms with E-state index in [1.54, 1.807) is 24.3 Å². The van der Waals surface area contributed by atoms with Gasteiger partial charge in [-0.15, -0.1) is 0 Å². The number of aryl methyl sites for hydroxylation is 1. The number of piperidine rings is 1. The Morgan fingerprint density at radius 3 is 2.62 bits per heavy atom. The molecule has 0 spiro atoms. The van der Waals surface area contributed by atoms with E-state index in [1.165, 1.54) is 6.42 Å². The molecule has 0 bridgehead atoms. The number of hydrogen-bond donors (Lipinski definition) is 1. The summed E-state index contributed by atoms with van der Waals surface area (Å²) in [4.78, 5) is 23.8. The van der Waals surface area contributed by atoms with Crippen molar-refractivity contribution >= 4 is 40.7 Å². The first-order chi connectivity index (χ1) is 12.5. The normalized spacial score (nSPS) is 17.2. The van der Waals surface area contributed by atoms with Crippen LogP contribution in [0.3, 0.4) is 0 Å². The van der Waals surface area contributed by atoms with E-state index in [-0.39, 0.29) is 11.9 Å². The molecule has 2 aromatic rings. The number of hydrogen-bond acceptors (Lipinski definition) is 4. The predicted molar refractivity (Wildman–Crippen MR) is 105 cm³/mol. The van der Waals surface area contributed by atoms with Crippen molar-refractivity contribution < 1.29 is 4.79 Å². The second kappa shape index (κ2) is 8.23. The van der Waals surface area contributed by atoms with E-state index in [0.29, 0.717) is 27.4 Å². The number of likely N-dealkylation sites (tertiary alicyclic amines) is 1. The first-order valence-electron chi connectivity index (χ1n) is 8.86. The molecule has 1 amide bonds. The lowest BCUT2D eigenvalue weighted by Gasteiger charge is -2.35. The van der Waals surface area contributed by atoms with Crippen LogP contribution in [-0.2, 0) is 0 Å². The second-order valence-electron chi connectivity index (χ2n) is 6.56. The molecule has 138 valence electrons. The first-order valence-corrected chi connectivity index (χ1v) is 9.61. The third-order valence-corrected chi connectivity index (χ3v) is 4.99. The van der Waals surface area contributed by atoms with Crippen molar-refractivity contribution in [1.82, 2.24) is 14.9 Å². The van der Waals surface area contributed by atoms with Gasteiger partial charge in [0.15, 0.2) is 0 Å². The highest BCUT2D eigenvalue weighted by molar-refractivity contribution is 6.35. The second-order valence-corrected chi connectivity index (χ2v) is 7.43. The summed E-state index contributed by atoms with van der Waals surface area (Å²) < 4.78 is 0. The van der Waals surface area contributed by atoms with Crippen molar-refractivity contribution in [1.29, 1.82) is 0 Å². The number of amides is 1. The van der Waals surface area contributed by atoms with Crippen LogP contribution in [0.2, 0.25) is 10.0 Å². The summed E-state index contributed by atoms with van der Waals surface area (Å²) in [6.07, 6.45) is 4.23. The topological polar surface area (TPSA) is 58.1 Å². The standard InChI is InChI=1S/C19H22Cl2N4O/c1-3-16-6-4-5-7-25(16)18(26)17-8-12(2)22-19(24-17)23-15-10-13(20)9-14(21)11-15/h8-11,16H,3-7H2,1-2H3,(H,22,23,24). The maximum atomic E-state index is 13.0. The lowest BCUT2D eigenvalue weighted by Crippen LogP contribution is -2.43. The van der Waals surface area contributed by atoms with E-state index >= 15 is 0 Å². The van der Waals surface area contributed by atoms with Crippen LogP contribution >= 0.6 is 23.2 Å². The molecule has 1 aromatic heterocycles. The van der Waals surface area contributed by atoms with E-state index in [9.17, 15) is 4.79 Å². The van der Waals surface area contributed by atoms with Crippen LogP contribution < -0.4 is 5.32 Å². The number of benzene rings is 1. The molecule has 1 aliphatic heterocycles. The summed E-state index contributed by atoms with van der Waals surface area (Å²) >= 11 is 12.1. The molecule has 1 aromatic carbocycles. The van der Waals surface area contributed by atoms with Gasteiger partial charge in [-0.2, -0.15) is 0 Å². The quantitative estimate of drug-likeness (QED) is 0.772. The summed E-state index contributed by atoms with van der Waals surface area (Å²) in [5, 5.41) is 4.12. The largest absolute Gasteiger partial charge is 0.334 e. The molecule has 1 unspecified atom stereocenters. The molecule has 0 aliphatic carbocycles. The molecule has 7 heteroatoms. The molecule has 0 saturated carbocycles. The zero-order valence-corrected chi connectivity index (χ0v) is 16.4. The van der Waals surface area contributed by atoms with Gasteiger partial charge in [0.1, 0.15) is 5.69 Å². The summed E-state index contributed by atoms with van der Waals surface area (Å²) in [6, 6.07) is 7.15. The highest BCUT2D eigenvalue weighted by atomic mass is 35.5. The minimum atomic E-state index is -0.0331. The van der Waals surface area contributed by atoms with E-state index in [2.05, 4.69) is 22.2 Å². The van der Waals surface area contributed by atoms with Gasteiger partial charge in [-0.25, -0.2) is 9.97 Å².